The third-order valence-corrected chi connectivity index (χ3v) is 5.55. The first-order valence-electron chi connectivity index (χ1n) is 5.76. The van der Waals surface area contributed by atoms with Crippen molar-refractivity contribution in [3.63, 3.8) is 0 Å². The molecule has 0 radical (unpaired) electrons. The van der Waals surface area contributed by atoms with E-state index in [1.807, 2.05) is 0 Å². The number of hydrogen-bond donors (Lipinski definition) is 2. The number of amides is 2. The summed E-state index contributed by atoms with van der Waals surface area (Å²) in [4.78, 5) is 24.6. The van der Waals surface area contributed by atoms with E-state index in [2.05, 4.69) is 37.2 Å². The van der Waals surface area contributed by atoms with Gasteiger partial charge in [-0.25, -0.2) is 4.39 Å². The maximum atomic E-state index is 13.7. The van der Waals surface area contributed by atoms with E-state index < -0.39 is 17.6 Å². The lowest BCUT2D eigenvalue weighted by molar-refractivity contribution is -0.137. The fourth-order valence-electron chi connectivity index (χ4n) is 1.76. The molecule has 2 rings (SSSR count). The number of halogens is 5. The maximum Gasteiger partial charge on any atom is 0.277 e. The van der Waals surface area contributed by atoms with Gasteiger partial charge in [0.2, 0.25) is 0 Å². The molecule has 0 aliphatic carbocycles. The Kier molecular flexibility index (Phi) is 5.50. The molecule has 5 nitrogen and oxygen atoms in total. The number of carbonyl (C=O) groups is 2. The molecular formula is C12H7Br2Cl2FN2O3. The Hall–Kier alpha value is -0.670. The van der Waals surface area contributed by atoms with Crippen LogP contribution in [-0.2, 0) is 9.59 Å². The van der Waals surface area contributed by atoms with E-state index in [9.17, 15) is 14.0 Å². The summed E-state index contributed by atoms with van der Waals surface area (Å²) < 4.78 is 14.0. The molecule has 1 aromatic rings. The van der Waals surface area contributed by atoms with Crippen molar-refractivity contribution in [1.82, 2.24) is 4.90 Å². The second kappa shape index (κ2) is 6.84. The van der Waals surface area contributed by atoms with Crippen molar-refractivity contribution in [2.75, 3.05) is 18.5 Å². The molecule has 1 aromatic carbocycles. The third kappa shape index (κ3) is 3.03. The number of benzene rings is 1. The summed E-state index contributed by atoms with van der Waals surface area (Å²) >= 11 is 17.8. The fraction of sp³-hybridized carbons (Fsp3) is 0.167. The van der Waals surface area contributed by atoms with E-state index in [0.29, 0.717) is 0 Å². The monoisotopic (exact) mass is 474 g/mol. The third-order valence-electron chi connectivity index (χ3n) is 2.80. The first kappa shape index (κ1) is 17.7. The van der Waals surface area contributed by atoms with E-state index in [1.165, 1.54) is 0 Å². The van der Waals surface area contributed by atoms with Crippen LogP contribution in [0.4, 0.5) is 10.1 Å². The molecule has 0 aromatic heterocycles. The largest absolute Gasteiger partial charge is 0.395 e. The summed E-state index contributed by atoms with van der Waals surface area (Å²) in [5.74, 6) is -2.00. The highest BCUT2D eigenvalue weighted by atomic mass is 79.9. The topological polar surface area (TPSA) is 69.6 Å². The molecule has 1 heterocycles. The van der Waals surface area contributed by atoms with Crippen LogP contribution in [0.25, 0.3) is 0 Å². The normalized spacial score (nSPS) is 14.6. The Labute approximate surface area is 151 Å². The zero-order valence-electron chi connectivity index (χ0n) is 10.6. The summed E-state index contributed by atoms with van der Waals surface area (Å²) in [6.07, 6.45) is 1.07. The minimum absolute atomic E-state index is 0.0430. The Morgan fingerprint density at radius 3 is 2.27 bits per heavy atom. The Morgan fingerprint density at radius 2 is 1.77 bits per heavy atom. The van der Waals surface area contributed by atoms with Crippen molar-refractivity contribution in [2.45, 2.75) is 0 Å². The van der Waals surface area contributed by atoms with Crippen molar-refractivity contribution in [3.8, 4) is 0 Å². The number of carbonyl (C=O) groups excluding carboxylic acids is 2. The van der Waals surface area contributed by atoms with Gasteiger partial charge in [-0.15, -0.1) is 0 Å². The van der Waals surface area contributed by atoms with Crippen LogP contribution in [0.1, 0.15) is 0 Å². The minimum atomic E-state index is -0.822. The quantitative estimate of drug-likeness (QED) is 0.397. The summed E-state index contributed by atoms with van der Waals surface area (Å²) in [6, 6.07) is 0. The van der Waals surface area contributed by atoms with Crippen LogP contribution >= 0.6 is 55.1 Å². The standard InChI is InChI=1S/C12H7Br2Cl2FN2O3/c13-6-8(15)10(17)9(16)7(14)11(6)18-4-3-5(21)19(1-2-20)12(4)22/h3,18,20H,1-2H2. The number of hydrogen-bond acceptors (Lipinski definition) is 4. The van der Waals surface area contributed by atoms with Crippen LogP contribution in [0.15, 0.2) is 20.7 Å². The van der Waals surface area contributed by atoms with Crippen LogP contribution in [0.3, 0.4) is 0 Å². The number of nitrogens with zero attached hydrogens (tertiary/aromatic N) is 1. The molecule has 1 aliphatic rings. The van der Waals surface area contributed by atoms with Gasteiger partial charge in [-0.1, -0.05) is 23.2 Å². The number of aliphatic hydroxyl groups is 1. The number of nitrogens with one attached hydrogen (secondary N) is 1. The number of anilines is 1. The van der Waals surface area contributed by atoms with Crippen LogP contribution in [0.5, 0.6) is 0 Å². The number of aliphatic hydroxyl groups excluding tert-OH is 1. The Balaban J connectivity index is 2.39. The van der Waals surface area contributed by atoms with Crippen LogP contribution in [0.2, 0.25) is 10.0 Å². The zero-order valence-corrected chi connectivity index (χ0v) is 15.3. The highest BCUT2D eigenvalue weighted by Crippen LogP contribution is 2.44. The van der Waals surface area contributed by atoms with Gasteiger partial charge in [0.05, 0.1) is 37.8 Å². The number of β-amino-alcohol motifs (C(OH)–C–C–N with tert-alkyl or cyclic N) is 1. The minimum Gasteiger partial charge on any atom is -0.395 e. The fourth-order valence-corrected chi connectivity index (χ4v) is 3.39. The summed E-state index contributed by atoms with van der Waals surface area (Å²) in [5.41, 5.74) is 0.160. The van der Waals surface area contributed by atoms with E-state index in [1.54, 1.807) is 0 Å². The predicted octanol–water partition coefficient (Wildman–Crippen LogP) is 3.31. The maximum absolute atomic E-state index is 13.7. The zero-order chi connectivity index (χ0) is 16.6. The van der Waals surface area contributed by atoms with Gasteiger partial charge >= 0.3 is 0 Å². The molecule has 0 fully saturated rings. The molecule has 0 spiro atoms. The molecule has 0 saturated carbocycles. The second-order valence-corrected chi connectivity index (χ2v) is 6.49. The van der Waals surface area contributed by atoms with Gasteiger partial charge in [-0.2, -0.15) is 0 Å². The lowest BCUT2D eigenvalue weighted by Crippen LogP contribution is -2.34. The molecule has 0 saturated heterocycles. The summed E-state index contributed by atoms with van der Waals surface area (Å²) in [7, 11) is 0. The second-order valence-electron chi connectivity index (χ2n) is 4.15. The molecule has 0 bridgehead atoms. The predicted molar refractivity (Wildman–Crippen MR) is 87.3 cm³/mol. The van der Waals surface area contributed by atoms with Crippen LogP contribution in [0, 0.1) is 5.82 Å². The SMILES string of the molecule is O=C1C=C(Nc2c(Br)c(Cl)c(F)c(Cl)c2Br)C(=O)N1CCO. The molecule has 1 aliphatic heterocycles. The van der Waals surface area contributed by atoms with Gasteiger partial charge in [-0.3, -0.25) is 14.5 Å². The van der Waals surface area contributed by atoms with Crippen molar-refractivity contribution in [3.05, 3.63) is 36.6 Å². The average Bonchev–Trinajstić information content (AvgIpc) is 2.75. The average molecular weight is 477 g/mol. The molecule has 22 heavy (non-hydrogen) atoms. The molecular weight excluding hydrogens is 470 g/mol. The van der Waals surface area contributed by atoms with E-state index in [0.717, 1.165) is 11.0 Å². The lowest BCUT2D eigenvalue weighted by Gasteiger charge is -2.16. The molecule has 0 unspecified atom stereocenters. The van der Waals surface area contributed by atoms with Crippen LogP contribution in [-0.4, -0.2) is 35.0 Å². The van der Waals surface area contributed by atoms with Gasteiger partial charge < -0.3 is 10.4 Å². The molecule has 2 amide bonds. The Bertz CT molecular complexity index is 683. The smallest absolute Gasteiger partial charge is 0.277 e. The summed E-state index contributed by atoms with van der Waals surface area (Å²) in [5, 5.41) is 11.0. The molecule has 10 heteroatoms. The highest BCUT2D eigenvalue weighted by Gasteiger charge is 2.32. The molecule has 0 atom stereocenters. The van der Waals surface area contributed by atoms with Crippen molar-refractivity contribution in [2.24, 2.45) is 0 Å². The van der Waals surface area contributed by atoms with E-state index in [4.69, 9.17) is 28.3 Å². The number of rotatable bonds is 4. The number of imide groups is 1. The van der Waals surface area contributed by atoms with Crippen LogP contribution < -0.4 is 5.32 Å². The van der Waals surface area contributed by atoms with Crippen molar-refractivity contribution in [1.29, 1.82) is 0 Å². The van der Waals surface area contributed by atoms with Gasteiger partial charge in [0.25, 0.3) is 11.8 Å². The lowest BCUT2D eigenvalue weighted by atomic mass is 10.3. The first-order valence-corrected chi connectivity index (χ1v) is 8.10. The van der Waals surface area contributed by atoms with Gasteiger partial charge in [0.1, 0.15) is 5.70 Å². The molecule has 2 N–H and O–H groups in total. The van der Waals surface area contributed by atoms with Gasteiger partial charge in [0.15, 0.2) is 5.82 Å². The Morgan fingerprint density at radius 1 is 1.23 bits per heavy atom. The first-order chi connectivity index (χ1) is 10.3. The molecule has 118 valence electrons. The summed E-state index contributed by atoms with van der Waals surface area (Å²) in [6.45, 7) is -0.465. The van der Waals surface area contributed by atoms with Crippen molar-refractivity contribution >= 4 is 72.6 Å². The van der Waals surface area contributed by atoms with E-state index >= 15 is 0 Å². The van der Waals surface area contributed by atoms with Gasteiger partial charge in [0, 0.05) is 6.08 Å². The van der Waals surface area contributed by atoms with Crippen molar-refractivity contribution < 1.29 is 19.1 Å². The highest BCUT2D eigenvalue weighted by molar-refractivity contribution is 9.11. The van der Waals surface area contributed by atoms with E-state index in [-0.39, 0.29) is 43.5 Å². The van der Waals surface area contributed by atoms with Gasteiger partial charge in [-0.05, 0) is 31.9 Å².